The molecule has 37 heavy (non-hydrogen) atoms. The van der Waals surface area contributed by atoms with Crippen LogP contribution in [0.1, 0.15) is 31.0 Å². The van der Waals surface area contributed by atoms with Gasteiger partial charge in [0.2, 0.25) is 17.7 Å². The molecule has 194 valence electrons. The van der Waals surface area contributed by atoms with E-state index in [9.17, 15) is 28.7 Å². The lowest BCUT2D eigenvalue weighted by Crippen LogP contribution is -2.71. The van der Waals surface area contributed by atoms with Gasteiger partial charge in [-0.3, -0.25) is 19.4 Å². The average molecular weight is 528 g/mol. The number of rotatable bonds is 8. The largest absolute Gasteiger partial charge is 0.480 e. The highest BCUT2D eigenvalue weighted by Gasteiger charge is 2.64. The first-order valence-electron chi connectivity index (χ1n) is 11.4. The van der Waals surface area contributed by atoms with Gasteiger partial charge in [0.25, 0.3) is 0 Å². The molecule has 4 atom stereocenters. The molecule has 0 spiro atoms. The molecule has 3 amide bonds. The lowest BCUT2D eigenvalue weighted by atomic mass is 9.95. The zero-order valence-electron chi connectivity index (χ0n) is 20.1. The van der Waals surface area contributed by atoms with Crippen LogP contribution in [0.25, 0.3) is 0 Å². The molecule has 2 aliphatic rings. The van der Waals surface area contributed by atoms with Crippen molar-refractivity contribution in [1.29, 1.82) is 0 Å². The second kappa shape index (κ2) is 10.2. The molecule has 10 nitrogen and oxygen atoms in total. The predicted molar refractivity (Wildman–Crippen MR) is 135 cm³/mol. The monoisotopic (exact) mass is 527 g/mol. The minimum Gasteiger partial charge on any atom is -0.480 e. The lowest BCUT2D eigenvalue weighted by molar-refractivity contribution is -0.161. The number of aliphatic carboxylic acids is 1. The molecule has 0 aromatic heterocycles. The van der Waals surface area contributed by atoms with E-state index < -0.39 is 57.8 Å². The van der Waals surface area contributed by atoms with E-state index in [1.165, 1.54) is 40.9 Å². The number of fused-ring (bicyclic) bond motifs is 1. The summed E-state index contributed by atoms with van der Waals surface area (Å²) in [7, 11) is 0. The third-order valence-electron chi connectivity index (χ3n) is 6.21. The average Bonchev–Trinajstić information content (AvgIpc) is 3.13. The van der Waals surface area contributed by atoms with E-state index in [1.807, 2.05) is 0 Å². The highest BCUT2D eigenvalue weighted by Crippen LogP contribution is 2.50. The summed E-state index contributed by atoms with van der Waals surface area (Å²) in [6.45, 7) is 3.10. The van der Waals surface area contributed by atoms with Crippen molar-refractivity contribution in [3.63, 3.8) is 0 Å². The number of β-lactam (4-membered cyclic amide) rings is 1. The number of benzene rings is 2. The summed E-state index contributed by atoms with van der Waals surface area (Å²) in [6.07, 6.45) is 0. The Morgan fingerprint density at radius 3 is 2.43 bits per heavy atom. The summed E-state index contributed by atoms with van der Waals surface area (Å²) < 4.78 is 12.4. The summed E-state index contributed by atoms with van der Waals surface area (Å²) in [5.74, 6) is -3.21. The van der Waals surface area contributed by atoms with Crippen LogP contribution in [0.5, 0.6) is 0 Å². The fourth-order valence-electron chi connectivity index (χ4n) is 4.40. The molecule has 12 heteroatoms. The Balaban J connectivity index is 1.46. The predicted octanol–water partition coefficient (Wildman–Crippen LogP) is 1.02. The smallest absolute Gasteiger partial charge is 0.327 e. The number of nitrogens with one attached hydrogen (secondary N) is 2. The Morgan fingerprint density at radius 1 is 1.16 bits per heavy atom. The molecule has 1 unspecified atom stereocenters. The van der Waals surface area contributed by atoms with Crippen LogP contribution in [-0.2, 0) is 19.2 Å². The van der Waals surface area contributed by atoms with Gasteiger partial charge in [-0.2, -0.15) is 0 Å². The quantitative estimate of drug-likeness (QED) is 0.227. The van der Waals surface area contributed by atoms with Gasteiger partial charge in [-0.15, -0.1) is 11.8 Å². The lowest BCUT2D eigenvalue weighted by Gasteiger charge is -2.44. The molecule has 2 aliphatic heterocycles. The number of hydrogen-bond donors (Lipinski definition) is 4. The molecule has 0 aliphatic carbocycles. The molecule has 5 N–H and O–H groups in total. The van der Waals surface area contributed by atoms with Crippen molar-refractivity contribution in [2.45, 2.75) is 42.1 Å². The van der Waals surface area contributed by atoms with Gasteiger partial charge < -0.3 is 26.4 Å². The highest BCUT2D eigenvalue weighted by molar-refractivity contribution is 8.01. The van der Waals surface area contributed by atoms with Gasteiger partial charge in [0, 0.05) is 10.3 Å². The number of halogens is 1. The van der Waals surface area contributed by atoms with Gasteiger partial charge in [0.1, 0.15) is 41.7 Å². The molecule has 2 heterocycles. The molecular formula is C25H26FN5O5S. The summed E-state index contributed by atoms with van der Waals surface area (Å²) in [5, 5.41) is 14.4. The number of carbonyl (C=O) groups is 4. The van der Waals surface area contributed by atoms with Crippen LogP contribution in [0.4, 0.5) is 4.39 Å². The van der Waals surface area contributed by atoms with Gasteiger partial charge in [-0.05, 0) is 43.7 Å². The Morgan fingerprint density at radius 2 is 1.81 bits per heavy atom. The SMILES string of the molecule is CC1(C)S[C@@H]2[C@H](NC(=O)C(NC(=O)CN=C(N)c3ccc(F)cc3)c3ccccc3)C(=O)N2[C@H]1C(=O)O. The second-order valence-corrected chi connectivity index (χ2v) is 11.0. The van der Waals surface area contributed by atoms with Crippen molar-refractivity contribution in [1.82, 2.24) is 15.5 Å². The van der Waals surface area contributed by atoms with Crippen molar-refractivity contribution < 1.29 is 28.7 Å². The number of aliphatic imine (C=N–C) groups is 1. The van der Waals surface area contributed by atoms with Crippen LogP contribution < -0.4 is 16.4 Å². The number of carboxylic acid groups (broad SMARTS) is 1. The summed E-state index contributed by atoms with van der Waals surface area (Å²) >= 11 is 1.31. The highest BCUT2D eigenvalue weighted by atomic mass is 32.2. The molecule has 2 aromatic rings. The number of hydrogen-bond acceptors (Lipinski definition) is 6. The molecule has 0 bridgehead atoms. The first kappa shape index (κ1) is 26.1. The Kier molecular flexibility index (Phi) is 7.21. The van der Waals surface area contributed by atoms with Crippen molar-refractivity contribution in [2.75, 3.05) is 6.54 Å². The van der Waals surface area contributed by atoms with Crippen LogP contribution in [0.15, 0.2) is 59.6 Å². The van der Waals surface area contributed by atoms with Crippen molar-refractivity contribution >= 4 is 41.3 Å². The van der Waals surface area contributed by atoms with Gasteiger partial charge in [-0.25, -0.2) is 9.18 Å². The van der Waals surface area contributed by atoms with Crippen LogP contribution in [0, 0.1) is 5.82 Å². The Hall–Kier alpha value is -3.93. The summed E-state index contributed by atoms with van der Waals surface area (Å²) in [6, 6.07) is 10.7. The molecule has 0 saturated carbocycles. The zero-order valence-corrected chi connectivity index (χ0v) is 20.9. The normalized spacial score (nSPS) is 23.0. The first-order valence-corrected chi connectivity index (χ1v) is 12.3. The number of amidine groups is 1. The summed E-state index contributed by atoms with van der Waals surface area (Å²) in [4.78, 5) is 55.8. The Labute approximate surface area is 216 Å². The maximum Gasteiger partial charge on any atom is 0.327 e. The minimum atomic E-state index is -1.13. The topological polar surface area (TPSA) is 154 Å². The number of nitrogens with zero attached hydrogens (tertiary/aromatic N) is 2. The minimum absolute atomic E-state index is 0.0323. The van der Waals surface area contributed by atoms with Crippen LogP contribution in [-0.4, -0.2) is 68.3 Å². The maximum atomic E-state index is 13.3. The van der Waals surface area contributed by atoms with E-state index in [0.29, 0.717) is 11.1 Å². The van der Waals surface area contributed by atoms with Crippen molar-refractivity contribution in [2.24, 2.45) is 10.7 Å². The number of thioether (sulfide) groups is 1. The van der Waals surface area contributed by atoms with Gasteiger partial charge >= 0.3 is 5.97 Å². The van der Waals surface area contributed by atoms with Crippen LogP contribution >= 0.6 is 11.8 Å². The first-order chi connectivity index (χ1) is 17.5. The van der Waals surface area contributed by atoms with Gasteiger partial charge in [0.15, 0.2) is 0 Å². The standard InChI is InChI=1S/C25H26FN5O5S/c1-25(2)19(24(35)36)31-22(34)18(23(31)37-25)30-21(33)17(13-6-4-3-5-7-13)29-16(32)12-28-20(27)14-8-10-15(26)11-9-14/h3-11,17-19,23H,12H2,1-2H3,(H2,27,28)(H,29,32)(H,30,33)(H,35,36)/t17?,18-,19+,23-/m1/s1. The van der Waals surface area contributed by atoms with Gasteiger partial charge in [-0.1, -0.05) is 30.3 Å². The molecule has 2 fully saturated rings. The van der Waals surface area contributed by atoms with E-state index in [2.05, 4.69) is 15.6 Å². The molecule has 2 aromatic carbocycles. The summed E-state index contributed by atoms with van der Waals surface area (Å²) in [5.41, 5.74) is 6.81. The van der Waals surface area contributed by atoms with Crippen molar-refractivity contribution in [3.05, 3.63) is 71.5 Å². The zero-order chi connectivity index (χ0) is 26.9. The van der Waals surface area contributed by atoms with Crippen molar-refractivity contribution in [3.8, 4) is 0 Å². The number of carboxylic acids is 1. The third-order valence-corrected chi connectivity index (χ3v) is 7.78. The molecule has 2 saturated heterocycles. The number of carbonyl (C=O) groups excluding carboxylic acids is 3. The molecule has 4 rings (SSSR count). The van der Waals surface area contributed by atoms with E-state index >= 15 is 0 Å². The maximum absolute atomic E-state index is 13.3. The second-order valence-electron chi connectivity index (χ2n) is 9.20. The molecule has 0 radical (unpaired) electrons. The third kappa shape index (κ3) is 5.29. The van der Waals surface area contributed by atoms with Crippen LogP contribution in [0.2, 0.25) is 0 Å². The van der Waals surface area contributed by atoms with E-state index in [0.717, 1.165) is 0 Å². The number of nitrogens with two attached hydrogens (primary N) is 1. The van der Waals surface area contributed by atoms with E-state index in [-0.39, 0.29) is 12.4 Å². The van der Waals surface area contributed by atoms with Crippen LogP contribution in [0.3, 0.4) is 0 Å². The fourth-order valence-corrected chi connectivity index (χ4v) is 6.03. The number of amides is 3. The van der Waals surface area contributed by atoms with Gasteiger partial charge in [0.05, 0.1) is 0 Å². The molecular weight excluding hydrogens is 501 g/mol. The van der Waals surface area contributed by atoms with E-state index in [4.69, 9.17) is 5.73 Å². The fraction of sp³-hybridized carbons (Fsp3) is 0.320. The van der Waals surface area contributed by atoms with E-state index in [1.54, 1.807) is 44.2 Å². The Bertz CT molecular complexity index is 1250.